The molecule has 9 heteroatoms. The number of amidine groups is 1. The van der Waals surface area contributed by atoms with Crippen molar-refractivity contribution in [1.29, 1.82) is 5.41 Å². The molecule has 33 heavy (non-hydrogen) atoms. The molecule has 0 atom stereocenters. The summed E-state index contributed by atoms with van der Waals surface area (Å²) in [5, 5.41) is 12.1. The Kier molecular flexibility index (Phi) is 7.34. The Morgan fingerprint density at radius 2 is 1.73 bits per heavy atom. The molecular weight excluding hydrogens is 438 g/mol. The summed E-state index contributed by atoms with van der Waals surface area (Å²) >= 11 is 0. The van der Waals surface area contributed by atoms with Gasteiger partial charge in [-0.1, -0.05) is 49.4 Å². The summed E-state index contributed by atoms with van der Waals surface area (Å²) in [6.07, 6.45) is 1.97. The van der Waals surface area contributed by atoms with E-state index in [1.54, 1.807) is 71.7 Å². The van der Waals surface area contributed by atoms with Crippen molar-refractivity contribution in [2.45, 2.75) is 18.2 Å². The highest BCUT2D eigenvalue weighted by Gasteiger charge is 2.15. The van der Waals surface area contributed by atoms with E-state index in [1.807, 2.05) is 13.0 Å². The monoisotopic (exact) mass is 465 g/mol. The van der Waals surface area contributed by atoms with Crippen molar-refractivity contribution in [2.24, 2.45) is 5.73 Å². The first-order valence-corrected chi connectivity index (χ1v) is 12.3. The van der Waals surface area contributed by atoms with E-state index < -0.39 is 15.9 Å². The number of carbonyl (C=O) groups is 1. The van der Waals surface area contributed by atoms with Crippen LogP contribution in [0.4, 0.5) is 16.2 Å². The second kappa shape index (κ2) is 10.2. The largest absolute Gasteiger partial charge is 0.384 e. The Balaban J connectivity index is 1.74. The Bertz CT molecular complexity index is 1260. The van der Waals surface area contributed by atoms with E-state index in [0.717, 1.165) is 12.0 Å². The van der Waals surface area contributed by atoms with Crippen molar-refractivity contribution < 1.29 is 13.2 Å². The molecule has 0 radical (unpaired) electrons. The molecule has 0 aliphatic rings. The van der Waals surface area contributed by atoms with Crippen LogP contribution >= 0.6 is 0 Å². The topological polar surface area (TPSA) is 128 Å². The number of nitrogen functional groups attached to an aromatic ring is 1. The third-order valence-electron chi connectivity index (χ3n) is 4.89. The molecule has 3 rings (SSSR count). The molecule has 8 nitrogen and oxygen atoms in total. The maximum absolute atomic E-state index is 12.6. The lowest BCUT2D eigenvalue weighted by atomic mass is 10.1. The first-order chi connectivity index (χ1) is 15.7. The van der Waals surface area contributed by atoms with Gasteiger partial charge in [0.05, 0.1) is 10.6 Å². The normalized spacial score (nSPS) is 11.0. The van der Waals surface area contributed by atoms with E-state index in [-0.39, 0.29) is 10.7 Å². The third-order valence-corrected chi connectivity index (χ3v) is 6.05. The zero-order valence-electron chi connectivity index (χ0n) is 18.5. The highest BCUT2D eigenvalue weighted by molar-refractivity contribution is 7.90. The van der Waals surface area contributed by atoms with Crippen LogP contribution in [0.25, 0.3) is 11.1 Å². The number of hydrogen-bond donors (Lipinski definition) is 4. The quantitative estimate of drug-likeness (QED) is 0.227. The first kappa shape index (κ1) is 23.8. The molecule has 172 valence electrons. The lowest BCUT2D eigenvalue weighted by Crippen LogP contribution is -2.45. The molecule has 2 amide bonds. The molecule has 0 fully saturated rings. The molecule has 5 N–H and O–H groups in total. The molecule has 0 heterocycles. The van der Waals surface area contributed by atoms with E-state index in [4.69, 9.17) is 11.1 Å². The fraction of sp³-hybridized carbons (Fsp3) is 0.167. The van der Waals surface area contributed by atoms with Crippen molar-refractivity contribution >= 4 is 33.1 Å². The minimum atomic E-state index is -3.37. The van der Waals surface area contributed by atoms with E-state index in [0.29, 0.717) is 29.0 Å². The van der Waals surface area contributed by atoms with E-state index in [9.17, 15) is 13.2 Å². The molecular formula is C24H27N5O3S. The first-order valence-electron chi connectivity index (χ1n) is 10.4. The Labute approximate surface area is 193 Å². The Morgan fingerprint density at radius 3 is 2.36 bits per heavy atom. The van der Waals surface area contributed by atoms with Crippen molar-refractivity contribution in [2.75, 3.05) is 23.1 Å². The van der Waals surface area contributed by atoms with E-state index in [1.165, 1.54) is 6.26 Å². The molecule has 0 aliphatic carbocycles. The smallest absolute Gasteiger partial charge is 0.338 e. The molecule has 0 aliphatic heterocycles. The number of anilines is 2. The summed E-state index contributed by atoms with van der Waals surface area (Å²) < 4.78 is 24.2. The van der Waals surface area contributed by atoms with Gasteiger partial charge in [0.1, 0.15) is 5.84 Å². The predicted octanol–water partition coefficient (Wildman–Crippen LogP) is 3.99. The lowest BCUT2D eigenvalue weighted by molar-refractivity contribution is 0.251. The SMILES string of the molecule is CCCN(NC(=O)Nc1ccc(-c2ccccc2S(C)(=O)=O)cc1)c1cccc(C(=N)N)c1. The van der Waals surface area contributed by atoms with E-state index in [2.05, 4.69) is 10.7 Å². The standard InChI is InChI=1S/C24H27N5O3S/c1-3-15-29(20-8-6-7-18(16-20)23(25)26)28-24(30)27-19-13-11-17(12-14-19)21-9-4-5-10-22(21)33(2,31)32/h4-14,16H,3,15H2,1-2H3,(H3,25,26)(H2,27,28,30). The number of sulfone groups is 1. The summed E-state index contributed by atoms with van der Waals surface area (Å²) in [5.74, 6) is -0.0460. The maximum Gasteiger partial charge on any atom is 0.338 e. The summed E-state index contributed by atoms with van der Waals surface area (Å²) in [6.45, 7) is 2.56. The molecule has 0 aromatic heterocycles. The minimum Gasteiger partial charge on any atom is -0.384 e. The Hall–Kier alpha value is -3.85. The van der Waals surface area contributed by atoms with Crippen LogP contribution in [0.3, 0.4) is 0 Å². The highest BCUT2D eigenvalue weighted by Crippen LogP contribution is 2.28. The Morgan fingerprint density at radius 1 is 1.03 bits per heavy atom. The zero-order valence-corrected chi connectivity index (χ0v) is 19.3. The molecule has 0 saturated heterocycles. The number of benzene rings is 3. The molecule has 0 saturated carbocycles. The van der Waals surface area contributed by atoms with Crippen molar-refractivity contribution in [3.8, 4) is 11.1 Å². The second-order valence-electron chi connectivity index (χ2n) is 7.53. The van der Waals surface area contributed by atoms with Crippen LogP contribution in [-0.4, -0.2) is 33.1 Å². The van der Waals surface area contributed by atoms with Gasteiger partial charge in [-0.2, -0.15) is 0 Å². The van der Waals surface area contributed by atoms with Gasteiger partial charge >= 0.3 is 6.03 Å². The fourth-order valence-corrected chi connectivity index (χ4v) is 4.27. The molecule has 0 unspecified atom stereocenters. The van der Waals surface area contributed by atoms with Gasteiger partial charge in [-0.05, 0) is 42.3 Å². The van der Waals surface area contributed by atoms with Crippen LogP contribution in [-0.2, 0) is 9.84 Å². The molecule has 3 aromatic rings. The number of hydrogen-bond acceptors (Lipinski definition) is 5. The van der Waals surface area contributed by atoms with Crippen LogP contribution in [0.15, 0.2) is 77.7 Å². The zero-order chi connectivity index (χ0) is 24.0. The van der Waals surface area contributed by atoms with Crippen molar-refractivity contribution in [3.63, 3.8) is 0 Å². The fourth-order valence-electron chi connectivity index (χ4n) is 3.36. The van der Waals surface area contributed by atoms with Crippen molar-refractivity contribution in [3.05, 3.63) is 78.4 Å². The van der Waals surface area contributed by atoms with Crippen LogP contribution < -0.4 is 21.5 Å². The number of carbonyl (C=O) groups excluding carboxylic acids is 1. The average Bonchev–Trinajstić information content (AvgIpc) is 2.79. The third kappa shape index (κ3) is 6.11. The van der Waals surface area contributed by atoms with Gasteiger partial charge in [0.2, 0.25) is 0 Å². The summed E-state index contributed by atoms with van der Waals surface area (Å²) in [7, 11) is -3.37. The van der Waals surface area contributed by atoms with Gasteiger partial charge in [-0.15, -0.1) is 0 Å². The average molecular weight is 466 g/mol. The number of nitrogens with zero attached hydrogens (tertiary/aromatic N) is 1. The van der Waals surface area contributed by atoms with Crippen molar-refractivity contribution in [1.82, 2.24) is 5.43 Å². The number of nitrogens with two attached hydrogens (primary N) is 1. The van der Waals surface area contributed by atoms with Crippen LogP contribution in [0, 0.1) is 5.41 Å². The van der Waals surface area contributed by atoms with Crippen LogP contribution in [0.1, 0.15) is 18.9 Å². The molecule has 0 spiro atoms. The highest BCUT2D eigenvalue weighted by atomic mass is 32.2. The van der Waals surface area contributed by atoms with Gasteiger partial charge in [-0.25, -0.2) is 18.6 Å². The van der Waals surface area contributed by atoms with Crippen LogP contribution in [0.5, 0.6) is 0 Å². The maximum atomic E-state index is 12.6. The number of nitrogens with one attached hydrogen (secondary N) is 3. The number of rotatable bonds is 8. The van der Waals surface area contributed by atoms with Gasteiger partial charge < -0.3 is 11.1 Å². The van der Waals surface area contributed by atoms with E-state index >= 15 is 0 Å². The minimum absolute atomic E-state index is 0.0460. The summed E-state index contributed by atoms with van der Waals surface area (Å²) in [4.78, 5) is 12.9. The number of hydrazine groups is 1. The predicted molar refractivity (Wildman–Crippen MR) is 132 cm³/mol. The summed E-state index contributed by atoms with van der Waals surface area (Å²) in [6, 6.07) is 20.4. The van der Waals surface area contributed by atoms with Gasteiger partial charge in [0, 0.05) is 29.6 Å². The number of urea groups is 1. The lowest BCUT2D eigenvalue weighted by Gasteiger charge is -2.25. The molecule has 3 aromatic carbocycles. The van der Waals surface area contributed by atoms with Crippen LogP contribution in [0.2, 0.25) is 0 Å². The number of amides is 2. The van der Waals surface area contributed by atoms with Gasteiger partial charge in [0.15, 0.2) is 9.84 Å². The second-order valence-corrected chi connectivity index (χ2v) is 9.51. The van der Waals surface area contributed by atoms with Gasteiger partial charge in [-0.3, -0.25) is 10.4 Å². The summed E-state index contributed by atoms with van der Waals surface area (Å²) in [5.41, 5.74) is 11.6. The van der Waals surface area contributed by atoms with Gasteiger partial charge in [0.25, 0.3) is 0 Å². The molecule has 0 bridgehead atoms.